The van der Waals surface area contributed by atoms with E-state index in [1.807, 2.05) is 0 Å². The summed E-state index contributed by atoms with van der Waals surface area (Å²) in [7, 11) is 0. The van der Waals surface area contributed by atoms with Crippen LogP contribution >= 0.6 is 36.8 Å². The van der Waals surface area contributed by atoms with Gasteiger partial charge in [0.2, 0.25) is 0 Å². The number of halogens is 1. The van der Waals surface area contributed by atoms with E-state index in [4.69, 9.17) is 0 Å². The van der Waals surface area contributed by atoms with Gasteiger partial charge in [-0.15, -0.1) is 24.0 Å². The predicted octanol–water partition coefficient (Wildman–Crippen LogP) is 0.793. The minimum Gasteiger partial charge on any atom is -0.308 e. The summed E-state index contributed by atoms with van der Waals surface area (Å²) in [5, 5.41) is 0. The molecule has 42 valence electrons. The van der Waals surface area contributed by atoms with Gasteiger partial charge in [-0.25, -0.2) is 0 Å². The predicted molar refractivity (Wildman–Crippen MR) is 44.5 cm³/mol. The molecule has 1 rings (SSSR count). The molecule has 0 amide bonds. The molecular weight excluding hydrogens is 223 g/mol. The second kappa shape index (κ2) is 3.54. The van der Waals surface area contributed by atoms with E-state index in [-0.39, 0.29) is 24.0 Å². The molecule has 0 aromatic heterocycles. The first-order chi connectivity index (χ1) is 2.89. The summed E-state index contributed by atoms with van der Waals surface area (Å²) in [6.45, 7) is 1.87. The molecule has 1 heterocycles. The molecule has 0 aromatic carbocycles. The first-order valence-corrected chi connectivity index (χ1v) is 2.25. The molecule has 0 saturated heterocycles. The van der Waals surface area contributed by atoms with Crippen LogP contribution in [0.5, 0.6) is 0 Å². The number of hydrogen-bond acceptors (Lipinski definition) is 3. The summed E-state index contributed by atoms with van der Waals surface area (Å²) >= 11 is 3.98. The second-order valence-corrected chi connectivity index (χ2v) is 1.70. The van der Waals surface area contributed by atoms with Gasteiger partial charge in [-0.3, -0.25) is 4.99 Å². The normalized spacial score (nSPS) is 17.0. The molecule has 7 heavy (non-hydrogen) atoms. The van der Waals surface area contributed by atoms with E-state index in [1.165, 1.54) is 0 Å². The SMILES string of the molecule is I.SN1C=NCC1. The average molecular weight is 230 g/mol. The average Bonchev–Trinajstić information content (AvgIpc) is 1.86. The molecule has 0 bridgehead atoms. The van der Waals surface area contributed by atoms with Crippen molar-refractivity contribution in [2.75, 3.05) is 13.1 Å². The Morgan fingerprint density at radius 1 is 1.71 bits per heavy atom. The summed E-state index contributed by atoms with van der Waals surface area (Å²) in [5.74, 6) is 0. The highest BCUT2D eigenvalue weighted by Crippen LogP contribution is 1.93. The standard InChI is InChI=1S/C3H6N2S.HI/c6-5-2-1-4-3-5;/h3,6H,1-2H2;1H. The smallest absolute Gasteiger partial charge is 0.0948 e. The zero-order valence-electron chi connectivity index (χ0n) is 3.74. The van der Waals surface area contributed by atoms with Gasteiger partial charge in [-0.05, 0) is 0 Å². The zero-order chi connectivity index (χ0) is 4.41. The highest BCUT2D eigenvalue weighted by molar-refractivity contribution is 14.0. The molecule has 0 atom stereocenters. The van der Waals surface area contributed by atoms with Crippen molar-refractivity contribution in [2.45, 2.75) is 0 Å². The minimum atomic E-state index is 0. The number of rotatable bonds is 0. The Morgan fingerprint density at radius 3 is 2.57 bits per heavy atom. The fourth-order valence-electron chi connectivity index (χ4n) is 0.370. The number of nitrogens with zero attached hydrogens (tertiary/aromatic N) is 2. The highest BCUT2D eigenvalue weighted by Gasteiger charge is 1.95. The van der Waals surface area contributed by atoms with E-state index in [2.05, 4.69) is 17.8 Å². The van der Waals surface area contributed by atoms with E-state index in [0.717, 1.165) is 13.1 Å². The maximum atomic E-state index is 3.98. The molecule has 0 aliphatic carbocycles. The van der Waals surface area contributed by atoms with Gasteiger partial charge in [-0.2, -0.15) is 0 Å². The quantitative estimate of drug-likeness (QED) is 0.480. The van der Waals surface area contributed by atoms with Crippen molar-refractivity contribution >= 4 is 43.1 Å². The monoisotopic (exact) mass is 230 g/mol. The second-order valence-electron chi connectivity index (χ2n) is 1.18. The lowest BCUT2D eigenvalue weighted by atomic mass is 10.7. The van der Waals surface area contributed by atoms with Gasteiger partial charge in [0, 0.05) is 6.54 Å². The molecule has 1 aliphatic rings. The van der Waals surface area contributed by atoms with Crippen molar-refractivity contribution in [2.24, 2.45) is 4.99 Å². The van der Waals surface area contributed by atoms with Crippen LogP contribution < -0.4 is 0 Å². The summed E-state index contributed by atoms with van der Waals surface area (Å²) < 4.78 is 1.76. The van der Waals surface area contributed by atoms with Crippen LogP contribution in [0.25, 0.3) is 0 Å². The van der Waals surface area contributed by atoms with Crippen LogP contribution in [0.2, 0.25) is 0 Å². The third kappa shape index (κ3) is 2.38. The van der Waals surface area contributed by atoms with Crippen LogP contribution in [-0.2, 0) is 0 Å². The molecule has 0 radical (unpaired) electrons. The lowest BCUT2D eigenvalue weighted by Crippen LogP contribution is -2.04. The molecule has 0 aromatic rings. The van der Waals surface area contributed by atoms with Crippen molar-refractivity contribution in [3.8, 4) is 0 Å². The van der Waals surface area contributed by atoms with E-state index >= 15 is 0 Å². The third-order valence-electron chi connectivity index (χ3n) is 0.673. The summed E-state index contributed by atoms with van der Waals surface area (Å²) in [6, 6.07) is 0. The zero-order valence-corrected chi connectivity index (χ0v) is 6.97. The van der Waals surface area contributed by atoms with Gasteiger partial charge in [-0.1, -0.05) is 12.8 Å². The van der Waals surface area contributed by atoms with Gasteiger partial charge in [0.05, 0.1) is 12.9 Å². The molecule has 2 nitrogen and oxygen atoms in total. The molecule has 1 aliphatic heterocycles. The van der Waals surface area contributed by atoms with Crippen molar-refractivity contribution in [3.05, 3.63) is 0 Å². The van der Waals surface area contributed by atoms with Gasteiger partial charge >= 0.3 is 0 Å². The van der Waals surface area contributed by atoms with E-state index in [1.54, 1.807) is 10.6 Å². The summed E-state index contributed by atoms with van der Waals surface area (Å²) in [5.41, 5.74) is 0. The van der Waals surface area contributed by atoms with Gasteiger partial charge in [0.15, 0.2) is 0 Å². The molecule has 0 fully saturated rings. The number of aliphatic imine (C=N–C) groups is 1. The molecule has 0 spiro atoms. The van der Waals surface area contributed by atoms with Gasteiger partial charge < -0.3 is 4.31 Å². The van der Waals surface area contributed by atoms with E-state index in [9.17, 15) is 0 Å². The molecule has 0 N–H and O–H groups in total. The van der Waals surface area contributed by atoms with Crippen LogP contribution in [-0.4, -0.2) is 23.7 Å². The first-order valence-electron chi connectivity index (χ1n) is 1.85. The van der Waals surface area contributed by atoms with Crippen molar-refractivity contribution in [1.29, 1.82) is 0 Å². The molecule has 0 unspecified atom stereocenters. The van der Waals surface area contributed by atoms with Crippen molar-refractivity contribution < 1.29 is 0 Å². The Kier molecular flexibility index (Phi) is 3.82. The van der Waals surface area contributed by atoms with E-state index in [0.29, 0.717) is 0 Å². The Morgan fingerprint density at radius 2 is 2.43 bits per heavy atom. The van der Waals surface area contributed by atoms with Crippen molar-refractivity contribution in [3.63, 3.8) is 0 Å². The maximum Gasteiger partial charge on any atom is 0.0948 e. The Balaban J connectivity index is 0.000000360. The van der Waals surface area contributed by atoms with E-state index < -0.39 is 0 Å². The Bertz CT molecular complexity index is 75.3. The van der Waals surface area contributed by atoms with Gasteiger partial charge in [0.25, 0.3) is 0 Å². The third-order valence-corrected chi connectivity index (χ3v) is 0.976. The highest BCUT2D eigenvalue weighted by atomic mass is 127. The summed E-state index contributed by atoms with van der Waals surface area (Å²) in [6.07, 6.45) is 1.73. The minimum absolute atomic E-state index is 0. The number of hydrogen-bond donors (Lipinski definition) is 1. The van der Waals surface area contributed by atoms with Crippen LogP contribution in [0.4, 0.5) is 0 Å². The van der Waals surface area contributed by atoms with Crippen LogP contribution in [0.1, 0.15) is 0 Å². The lowest BCUT2D eigenvalue weighted by Gasteiger charge is -1.97. The van der Waals surface area contributed by atoms with Crippen LogP contribution in [0.15, 0.2) is 4.99 Å². The fraction of sp³-hybridized carbons (Fsp3) is 0.667. The molecular formula is C3H7IN2S. The Labute approximate surface area is 65.6 Å². The lowest BCUT2D eigenvalue weighted by molar-refractivity contribution is 0.757. The van der Waals surface area contributed by atoms with Crippen molar-refractivity contribution in [1.82, 2.24) is 4.31 Å². The summed E-state index contributed by atoms with van der Waals surface area (Å²) in [4.78, 5) is 3.89. The van der Waals surface area contributed by atoms with Crippen LogP contribution in [0.3, 0.4) is 0 Å². The maximum absolute atomic E-state index is 3.98. The largest absolute Gasteiger partial charge is 0.308 e. The Hall–Kier alpha value is 0.550. The molecule has 0 saturated carbocycles. The molecule has 4 heteroatoms. The first kappa shape index (κ1) is 7.55. The van der Waals surface area contributed by atoms with Gasteiger partial charge in [0.1, 0.15) is 0 Å². The van der Waals surface area contributed by atoms with Crippen LogP contribution in [0, 0.1) is 0 Å². The topological polar surface area (TPSA) is 15.6 Å². The number of thiol groups is 1. The fourth-order valence-corrected chi connectivity index (χ4v) is 0.532.